The SMILES string of the molecule is CC1(C)CC(C2C3CN(C(=O)c4cn(C5CCCC5)cn4)CC32)=NO1. The molecule has 0 bridgehead atoms. The van der Waals surface area contributed by atoms with Crippen molar-refractivity contribution < 1.29 is 9.63 Å². The second-order valence-corrected chi connectivity index (χ2v) is 8.82. The van der Waals surface area contributed by atoms with Gasteiger partial charge in [0.25, 0.3) is 5.91 Å². The van der Waals surface area contributed by atoms with Gasteiger partial charge in [-0.2, -0.15) is 0 Å². The molecular weight excluding hydrogens is 316 g/mol. The molecular formula is C19H26N4O2. The number of amides is 1. The van der Waals surface area contributed by atoms with Crippen molar-refractivity contribution in [2.75, 3.05) is 13.1 Å². The third-order valence-electron chi connectivity index (χ3n) is 6.45. The van der Waals surface area contributed by atoms with Gasteiger partial charge in [0.05, 0.1) is 12.0 Å². The van der Waals surface area contributed by atoms with Crippen molar-refractivity contribution >= 4 is 11.6 Å². The molecule has 0 aromatic carbocycles. The number of likely N-dealkylation sites (tertiary alicyclic amines) is 1. The molecule has 6 heteroatoms. The molecule has 5 rings (SSSR count). The maximum Gasteiger partial charge on any atom is 0.274 e. The van der Waals surface area contributed by atoms with Crippen molar-refractivity contribution in [1.29, 1.82) is 0 Å². The number of hydrogen-bond acceptors (Lipinski definition) is 4. The smallest absolute Gasteiger partial charge is 0.274 e. The minimum atomic E-state index is -0.158. The first kappa shape index (κ1) is 15.4. The van der Waals surface area contributed by atoms with Crippen molar-refractivity contribution in [3.8, 4) is 0 Å². The molecule has 6 nitrogen and oxygen atoms in total. The predicted molar refractivity (Wildman–Crippen MR) is 93.3 cm³/mol. The fourth-order valence-corrected chi connectivity index (χ4v) is 5.06. The normalized spacial score (nSPS) is 33.3. The topological polar surface area (TPSA) is 59.7 Å². The Hall–Kier alpha value is -1.85. The average molecular weight is 342 g/mol. The number of rotatable bonds is 3. The van der Waals surface area contributed by atoms with E-state index < -0.39 is 0 Å². The molecule has 2 atom stereocenters. The van der Waals surface area contributed by atoms with Crippen molar-refractivity contribution in [3.05, 3.63) is 18.2 Å². The van der Waals surface area contributed by atoms with E-state index in [9.17, 15) is 4.79 Å². The molecule has 4 aliphatic rings. The highest BCUT2D eigenvalue weighted by atomic mass is 16.7. The van der Waals surface area contributed by atoms with Crippen molar-refractivity contribution in [1.82, 2.24) is 14.5 Å². The summed E-state index contributed by atoms with van der Waals surface area (Å²) in [6, 6.07) is 0.536. The summed E-state index contributed by atoms with van der Waals surface area (Å²) in [4.78, 5) is 24.6. The molecule has 2 saturated carbocycles. The number of aromatic nitrogens is 2. The van der Waals surface area contributed by atoms with Crippen LogP contribution in [0.3, 0.4) is 0 Å². The summed E-state index contributed by atoms with van der Waals surface area (Å²) < 4.78 is 2.15. The number of carbonyl (C=O) groups is 1. The summed E-state index contributed by atoms with van der Waals surface area (Å²) in [6.07, 6.45) is 9.71. The van der Waals surface area contributed by atoms with E-state index in [2.05, 4.69) is 28.6 Å². The zero-order valence-electron chi connectivity index (χ0n) is 15.0. The van der Waals surface area contributed by atoms with Crippen LogP contribution >= 0.6 is 0 Å². The molecule has 3 heterocycles. The van der Waals surface area contributed by atoms with E-state index in [-0.39, 0.29) is 11.5 Å². The van der Waals surface area contributed by atoms with Crippen LogP contribution in [0.4, 0.5) is 0 Å². The Morgan fingerprint density at radius 2 is 1.96 bits per heavy atom. The number of fused-ring (bicyclic) bond motifs is 1. The zero-order chi connectivity index (χ0) is 17.2. The van der Waals surface area contributed by atoms with E-state index in [1.165, 1.54) is 31.4 Å². The van der Waals surface area contributed by atoms with Crippen LogP contribution in [0.15, 0.2) is 17.7 Å². The number of hydrogen-bond donors (Lipinski definition) is 0. The molecule has 0 N–H and O–H groups in total. The van der Waals surface area contributed by atoms with Gasteiger partial charge in [-0.05, 0) is 38.5 Å². The highest BCUT2D eigenvalue weighted by molar-refractivity contribution is 5.94. The van der Waals surface area contributed by atoms with E-state index in [1.807, 2.05) is 17.4 Å². The van der Waals surface area contributed by atoms with Gasteiger partial charge in [0, 0.05) is 37.7 Å². The third kappa shape index (κ3) is 2.57. The van der Waals surface area contributed by atoms with Gasteiger partial charge in [0.1, 0.15) is 11.3 Å². The third-order valence-corrected chi connectivity index (χ3v) is 6.45. The van der Waals surface area contributed by atoms with Gasteiger partial charge in [0.2, 0.25) is 0 Å². The summed E-state index contributed by atoms with van der Waals surface area (Å²) in [6.45, 7) is 5.84. The van der Waals surface area contributed by atoms with Crippen LogP contribution in [-0.4, -0.2) is 44.8 Å². The van der Waals surface area contributed by atoms with Crippen molar-refractivity contribution in [2.24, 2.45) is 22.9 Å². The Morgan fingerprint density at radius 3 is 2.60 bits per heavy atom. The first-order chi connectivity index (χ1) is 12.0. The molecule has 2 aliphatic carbocycles. The molecule has 1 aromatic rings. The largest absolute Gasteiger partial charge is 0.389 e. The number of nitrogens with zero attached hydrogens (tertiary/aromatic N) is 4. The van der Waals surface area contributed by atoms with Crippen molar-refractivity contribution in [2.45, 2.75) is 57.6 Å². The van der Waals surface area contributed by atoms with Gasteiger partial charge in [0.15, 0.2) is 0 Å². The fourth-order valence-electron chi connectivity index (χ4n) is 5.06. The second-order valence-electron chi connectivity index (χ2n) is 8.82. The number of carbonyl (C=O) groups excluding carboxylic acids is 1. The van der Waals surface area contributed by atoms with Gasteiger partial charge in [-0.25, -0.2) is 4.98 Å². The van der Waals surface area contributed by atoms with Gasteiger partial charge in [-0.3, -0.25) is 4.79 Å². The summed E-state index contributed by atoms with van der Waals surface area (Å²) in [5, 5.41) is 4.31. The first-order valence-corrected chi connectivity index (χ1v) is 9.59. The molecule has 1 aromatic heterocycles. The fraction of sp³-hybridized carbons (Fsp3) is 0.737. The standard InChI is InChI=1S/C19H26N4O2/c1-19(2)7-15(21-25-19)17-13-8-22(9-14(13)17)18(24)16-10-23(11-20-16)12-5-3-4-6-12/h10-14,17H,3-9H2,1-2H3. The Kier molecular flexibility index (Phi) is 3.28. The van der Waals surface area contributed by atoms with Crippen LogP contribution in [-0.2, 0) is 4.84 Å². The highest BCUT2D eigenvalue weighted by Gasteiger charge is 2.60. The molecule has 3 fully saturated rings. The molecule has 2 aliphatic heterocycles. The quantitative estimate of drug-likeness (QED) is 0.849. The molecule has 134 valence electrons. The van der Waals surface area contributed by atoms with Gasteiger partial charge in [-0.1, -0.05) is 18.0 Å². The maximum atomic E-state index is 12.8. The summed E-state index contributed by atoms with van der Waals surface area (Å²) >= 11 is 0. The minimum absolute atomic E-state index is 0.0904. The maximum absolute atomic E-state index is 12.8. The Bertz CT molecular complexity index is 720. The van der Waals surface area contributed by atoms with Crippen LogP contribution in [0, 0.1) is 17.8 Å². The lowest BCUT2D eigenvalue weighted by atomic mass is 9.98. The Balaban J connectivity index is 1.21. The van der Waals surface area contributed by atoms with Crippen LogP contribution < -0.4 is 0 Å². The monoisotopic (exact) mass is 342 g/mol. The number of imidazole rings is 1. The van der Waals surface area contributed by atoms with Crippen LogP contribution in [0.25, 0.3) is 0 Å². The molecule has 2 unspecified atom stereocenters. The zero-order valence-corrected chi connectivity index (χ0v) is 15.0. The lowest BCUT2D eigenvalue weighted by Gasteiger charge is -2.19. The van der Waals surface area contributed by atoms with E-state index in [1.54, 1.807) is 0 Å². The average Bonchev–Trinajstić information content (AvgIpc) is 3.18. The lowest BCUT2D eigenvalue weighted by Crippen LogP contribution is -2.33. The second kappa shape index (κ2) is 5.32. The summed E-state index contributed by atoms with van der Waals surface area (Å²) in [5.74, 6) is 1.75. The Labute approximate surface area is 148 Å². The summed E-state index contributed by atoms with van der Waals surface area (Å²) in [7, 11) is 0. The molecule has 25 heavy (non-hydrogen) atoms. The van der Waals surface area contributed by atoms with E-state index in [4.69, 9.17) is 4.84 Å². The van der Waals surface area contributed by atoms with Crippen molar-refractivity contribution in [3.63, 3.8) is 0 Å². The van der Waals surface area contributed by atoms with Crippen LogP contribution in [0.1, 0.15) is 62.5 Å². The van der Waals surface area contributed by atoms with Gasteiger partial charge in [-0.15, -0.1) is 0 Å². The number of piperidine rings is 1. The van der Waals surface area contributed by atoms with Crippen LogP contribution in [0.5, 0.6) is 0 Å². The Morgan fingerprint density at radius 1 is 1.24 bits per heavy atom. The molecule has 0 radical (unpaired) electrons. The van der Waals surface area contributed by atoms with E-state index in [0.29, 0.717) is 29.5 Å². The van der Waals surface area contributed by atoms with Gasteiger partial charge < -0.3 is 14.3 Å². The molecule has 1 saturated heterocycles. The minimum Gasteiger partial charge on any atom is -0.389 e. The molecule has 1 amide bonds. The van der Waals surface area contributed by atoms with E-state index >= 15 is 0 Å². The number of oxime groups is 1. The molecule has 0 spiro atoms. The van der Waals surface area contributed by atoms with Gasteiger partial charge >= 0.3 is 0 Å². The summed E-state index contributed by atoms with van der Waals surface area (Å²) in [5.41, 5.74) is 1.65. The van der Waals surface area contributed by atoms with Crippen LogP contribution in [0.2, 0.25) is 0 Å². The van der Waals surface area contributed by atoms with E-state index in [0.717, 1.165) is 19.5 Å². The lowest BCUT2D eigenvalue weighted by molar-refractivity contribution is 0.0123. The first-order valence-electron chi connectivity index (χ1n) is 9.59. The predicted octanol–water partition coefficient (Wildman–Crippen LogP) is 2.87. The highest BCUT2D eigenvalue weighted by Crippen LogP contribution is 2.54.